The van der Waals surface area contributed by atoms with Crippen LogP contribution in [0.3, 0.4) is 0 Å². The first-order valence-corrected chi connectivity index (χ1v) is 7.12. The van der Waals surface area contributed by atoms with E-state index in [1.165, 1.54) is 30.3 Å². The summed E-state index contributed by atoms with van der Waals surface area (Å²) in [6, 6.07) is 9.44. The van der Waals surface area contributed by atoms with Gasteiger partial charge in [-0.3, -0.25) is 20.2 Å². The van der Waals surface area contributed by atoms with Crippen LogP contribution in [0.15, 0.2) is 48.5 Å². The molecule has 130 valence electrons. The highest BCUT2D eigenvalue weighted by molar-refractivity contribution is 7.80. The molecule has 0 saturated carbocycles. The van der Waals surface area contributed by atoms with Crippen molar-refractivity contribution >= 4 is 34.6 Å². The third kappa shape index (κ3) is 4.73. The number of alkyl halides is 3. The van der Waals surface area contributed by atoms with Crippen LogP contribution in [0.4, 0.5) is 24.5 Å². The Morgan fingerprint density at radius 1 is 1.12 bits per heavy atom. The van der Waals surface area contributed by atoms with Crippen molar-refractivity contribution in [3.8, 4) is 0 Å². The van der Waals surface area contributed by atoms with E-state index in [0.717, 1.165) is 18.2 Å². The van der Waals surface area contributed by atoms with Gasteiger partial charge in [0.25, 0.3) is 11.6 Å². The number of nitrogens with zero attached hydrogens (tertiary/aromatic N) is 1. The molecule has 2 N–H and O–H groups in total. The molecular weight excluding hydrogens is 359 g/mol. The Hall–Kier alpha value is -3.01. The van der Waals surface area contributed by atoms with Crippen molar-refractivity contribution in [2.75, 3.05) is 5.32 Å². The predicted molar refractivity (Wildman–Crippen MR) is 88.2 cm³/mol. The third-order valence-electron chi connectivity index (χ3n) is 3.02. The molecule has 0 spiro atoms. The number of nitro benzene ring substituents is 1. The summed E-state index contributed by atoms with van der Waals surface area (Å²) < 4.78 is 38.0. The first-order valence-electron chi connectivity index (χ1n) is 6.71. The summed E-state index contributed by atoms with van der Waals surface area (Å²) >= 11 is 4.86. The molecule has 0 radical (unpaired) electrons. The van der Waals surface area contributed by atoms with Crippen LogP contribution in [0.2, 0.25) is 0 Å². The number of benzene rings is 2. The maximum absolute atomic E-state index is 12.7. The number of hydrogen-bond acceptors (Lipinski definition) is 4. The highest BCUT2D eigenvalue weighted by Gasteiger charge is 2.30. The van der Waals surface area contributed by atoms with Gasteiger partial charge in [-0.25, -0.2) is 0 Å². The molecule has 0 aliphatic rings. The van der Waals surface area contributed by atoms with Crippen molar-refractivity contribution in [3.05, 3.63) is 69.8 Å². The van der Waals surface area contributed by atoms with Crippen LogP contribution < -0.4 is 10.6 Å². The van der Waals surface area contributed by atoms with Crippen molar-refractivity contribution < 1.29 is 22.9 Å². The van der Waals surface area contributed by atoms with Gasteiger partial charge >= 0.3 is 6.18 Å². The third-order valence-corrected chi connectivity index (χ3v) is 3.22. The molecule has 0 fully saturated rings. The Kier molecular flexibility index (Phi) is 5.32. The van der Waals surface area contributed by atoms with Gasteiger partial charge in [-0.1, -0.05) is 18.2 Å². The number of thiocarbonyl (C=S) groups is 1. The van der Waals surface area contributed by atoms with E-state index in [0.29, 0.717) is 0 Å². The Balaban J connectivity index is 2.11. The Labute approximate surface area is 144 Å². The number of para-hydroxylation sites is 1. The first-order chi connectivity index (χ1) is 11.7. The number of anilines is 1. The van der Waals surface area contributed by atoms with Crippen molar-refractivity contribution in [1.29, 1.82) is 0 Å². The van der Waals surface area contributed by atoms with E-state index in [1.54, 1.807) is 0 Å². The van der Waals surface area contributed by atoms with Crippen LogP contribution in [-0.4, -0.2) is 15.9 Å². The lowest BCUT2D eigenvalue weighted by atomic mass is 10.1. The van der Waals surface area contributed by atoms with Gasteiger partial charge in [0, 0.05) is 11.8 Å². The van der Waals surface area contributed by atoms with E-state index in [-0.39, 0.29) is 16.4 Å². The summed E-state index contributed by atoms with van der Waals surface area (Å²) in [4.78, 5) is 22.3. The number of amides is 1. The average Bonchev–Trinajstić information content (AvgIpc) is 2.54. The number of nitro groups is 1. The zero-order chi connectivity index (χ0) is 18.6. The quantitative estimate of drug-likeness (QED) is 0.489. The zero-order valence-electron chi connectivity index (χ0n) is 12.3. The fraction of sp³-hybridized carbons (Fsp3) is 0.0667. The van der Waals surface area contributed by atoms with Gasteiger partial charge in [0.2, 0.25) is 0 Å². The van der Waals surface area contributed by atoms with E-state index in [2.05, 4.69) is 10.6 Å². The second kappa shape index (κ2) is 7.26. The number of nitrogens with one attached hydrogen (secondary N) is 2. The van der Waals surface area contributed by atoms with Crippen LogP contribution in [0.5, 0.6) is 0 Å². The monoisotopic (exact) mass is 369 g/mol. The Bertz CT molecular complexity index is 840. The summed E-state index contributed by atoms with van der Waals surface area (Å²) in [5.41, 5.74) is -1.50. The largest absolute Gasteiger partial charge is 0.416 e. The molecule has 0 saturated heterocycles. The van der Waals surface area contributed by atoms with Crippen LogP contribution in [0, 0.1) is 10.1 Å². The van der Waals surface area contributed by atoms with Gasteiger partial charge in [0.05, 0.1) is 10.5 Å². The van der Waals surface area contributed by atoms with Gasteiger partial charge in [-0.15, -0.1) is 0 Å². The van der Waals surface area contributed by atoms with E-state index >= 15 is 0 Å². The fourth-order valence-electron chi connectivity index (χ4n) is 1.93. The molecule has 0 bridgehead atoms. The van der Waals surface area contributed by atoms with Gasteiger partial charge in [0.15, 0.2) is 5.11 Å². The van der Waals surface area contributed by atoms with Crippen LogP contribution in [0.25, 0.3) is 0 Å². The lowest BCUT2D eigenvalue weighted by Gasteiger charge is -2.12. The lowest BCUT2D eigenvalue weighted by Crippen LogP contribution is -2.34. The number of carbonyl (C=O) groups is 1. The summed E-state index contributed by atoms with van der Waals surface area (Å²) in [5.74, 6) is -0.850. The summed E-state index contributed by atoms with van der Waals surface area (Å²) in [7, 11) is 0. The highest BCUT2D eigenvalue weighted by Crippen LogP contribution is 2.30. The number of hydrogen-bond donors (Lipinski definition) is 2. The molecule has 25 heavy (non-hydrogen) atoms. The molecule has 6 nitrogen and oxygen atoms in total. The van der Waals surface area contributed by atoms with E-state index < -0.39 is 28.3 Å². The minimum absolute atomic E-state index is 0.0164. The summed E-state index contributed by atoms with van der Waals surface area (Å²) in [5, 5.41) is 15.2. The minimum Gasteiger partial charge on any atom is -0.332 e. The number of halogens is 3. The van der Waals surface area contributed by atoms with Crippen LogP contribution in [0.1, 0.15) is 15.9 Å². The molecule has 0 aliphatic carbocycles. The SMILES string of the molecule is O=C(NC(=S)Nc1cccc(C(F)(F)F)c1)c1ccccc1[N+](=O)[O-]. The van der Waals surface area contributed by atoms with Gasteiger partial charge in [-0.05, 0) is 36.5 Å². The Morgan fingerprint density at radius 3 is 2.44 bits per heavy atom. The molecule has 10 heteroatoms. The number of rotatable bonds is 3. The molecule has 2 rings (SSSR count). The molecule has 0 heterocycles. The van der Waals surface area contributed by atoms with E-state index in [9.17, 15) is 28.1 Å². The highest BCUT2D eigenvalue weighted by atomic mass is 32.1. The maximum atomic E-state index is 12.7. The first kappa shape index (κ1) is 18.3. The molecule has 2 aromatic rings. The predicted octanol–water partition coefficient (Wildman–Crippen LogP) is 3.74. The smallest absolute Gasteiger partial charge is 0.332 e. The zero-order valence-corrected chi connectivity index (χ0v) is 13.1. The van der Waals surface area contributed by atoms with E-state index in [4.69, 9.17) is 12.2 Å². The second-order valence-electron chi connectivity index (χ2n) is 4.76. The Morgan fingerprint density at radius 2 is 1.80 bits per heavy atom. The van der Waals surface area contributed by atoms with Crippen LogP contribution >= 0.6 is 12.2 Å². The molecule has 0 aliphatic heterocycles. The maximum Gasteiger partial charge on any atom is 0.416 e. The fourth-order valence-corrected chi connectivity index (χ4v) is 2.14. The van der Waals surface area contributed by atoms with Gasteiger partial charge < -0.3 is 5.32 Å². The van der Waals surface area contributed by atoms with E-state index in [1.807, 2.05) is 0 Å². The van der Waals surface area contributed by atoms with Crippen molar-refractivity contribution in [2.24, 2.45) is 0 Å². The van der Waals surface area contributed by atoms with Crippen molar-refractivity contribution in [3.63, 3.8) is 0 Å². The molecule has 0 aromatic heterocycles. The summed E-state index contributed by atoms with van der Waals surface area (Å²) in [6.07, 6.45) is -4.52. The van der Waals surface area contributed by atoms with Gasteiger partial charge in [-0.2, -0.15) is 13.2 Å². The summed E-state index contributed by atoms with van der Waals surface area (Å²) in [6.45, 7) is 0. The second-order valence-corrected chi connectivity index (χ2v) is 5.17. The molecule has 1 amide bonds. The molecule has 0 atom stereocenters. The lowest BCUT2D eigenvalue weighted by molar-refractivity contribution is -0.385. The van der Waals surface area contributed by atoms with Crippen molar-refractivity contribution in [2.45, 2.75) is 6.18 Å². The molecule has 2 aromatic carbocycles. The van der Waals surface area contributed by atoms with Crippen LogP contribution in [-0.2, 0) is 6.18 Å². The topological polar surface area (TPSA) is 84.3 Å². The standard InChI is InChI=1S/C15H10F3N3O3S/c16-15(17,18)9-4-3-5-10(8-9)19-14(25)20-13(22)11-6-1-2-7-12(11)21(23)24/h1-8H,(H2,19,20,22,25). The molecule has 0 unspecified atom stereocenters. The molecular formula is C15H10F3N3O3S. The normalized spacial score (nSPS) is 10.8. The average molecular weight is 369 g/mol. The number of carbonyl (C=O) groups excluding carboxylic acids is 1. The van der Waals surface area contributed by atoms with Gasteiger partial charge in [0.1, 0.15) is 5.56 Å². The van der Waals surface area contributed by atoms with Crippen molar-refractivity contribution in [1.82, 2.24) is 5.32 Å². The minimum atomic E-state index is -4.52.